The van der Waals surface area contributed by atoms with Crippen molar-refractivity contribution in [1.29, 1.82) is 0 Å². The van der Waals surface area contributed by atoms with Crippen LogP contribution in [0.4, 0.5) is 4.39 Å². The van der Waals surface area contributed by atoms with Crippen LogP contribution in [0.2, 0.25) is 0 Å². The minimum absolute atomic E-state index is 0.0396. The first kappa shape index (κ1) is 18.8. The van der Waals surface area contributed by atoms with Gasteiger partial charge in [-0.1, -0.05) is 0 Å². The second-order valence-electron chi connectivity index (χ2n) is 6.79. The Kier molecular flexibility index (Phi) is 5.69. The lowest BCUT2D eigenvalue weighted by Gasteiger charge is -2.17. The SMILES string of the molecule is Cc1cc(C)n(CC(=O)N(C)CCCc2cc(-c3ccc(F)cc3)n[nH]2)n1. The normalized spacial score (nSPS) is 11.0. The summed E-state index contributed by atoms with van der Waals surface area (Å²) in [6.45, 7) is 4.78. The molecule has 0 spiro atoms. The Labute approximate surface area is 158 Å². The molecule has 3 rings (SSSR count). The van der Waals surface area contributed by atoms with E-state index < -0.39 is 0 Å². The highest BCUT2D eigenvalue weighted by Crippen LogP contribution is 2.18. The van der Waals surface area contributed by atoms with Crippen LogP contribution in [0.5, 0.6) is 0 Å². The number of halogens is 1. The van der Waals surface area contributed by atoms with E-state index in [1.54, 1.807) is 21.7 Å². The number of hydrogen-bond acceptors (Lipinski definition) is 3. The number of likely N-dealkylation sites (N-methyl/N-ethyl adjacent to an activating group) is 1. The Hall–Kier alpha value is -2.96. The number of aryl methyl sites for hydroxylation is 3. The van der Waals surface area contributed by atoms with Crippen molar-refractivity contribution in [2.75, 3.05) is 13.6 Å². The quantitative estimate of drug-likeness (QED) is 0.696. The van der Waals surface area contributed by atoms with Gasteiger partial charge in [0.2, 0.25) is 5.91 Å². The van der Waals surface area contributed by atoms with Crippen molar-refractivity contribution in [3.63, 3.8) is 0 Å². The Morgan fingerprint density at radius 3 is 2.63 bits per heavy atom. The molecule has 142 valence electrons. The van der Waals surface area contributed by atoms with Crippen molar-refractivity contribution in [1.82, 2.24) is 24.9 Å². The summed E-state index contributed by atoms with van der Waals surface area (Å²) in [6.07, 6.45) is 1.61. The second kappa shape index (κ2) is 8.16. The lowest BCUT2D eigenvalue weighted by atomic mass is 10.1. The van der Waals surface area contributed by atoms with Gasteiger partial charge in [-0.25, -0.2) is 4.39 Å². The zero-order valence-electron chi connectivity index (χ0n) is 15.9. The molecule has 0 bridgehead atoms. The van der Waals surface area contributed by atoms with Gasteiger partial charge in [0.15, 0.2) is 0 Å². The van der Waals surface area contributed by atoms with Gasteiger partial charge in [0.25, 0.3) is 0 Å². The molecule has 2 heterocycles. The average molecular weight is 369 g/mol. The van der Waals surface area contributed by atoms with Crippen molar-refractivity contribution in [3.8, 4) is 11.3 Å². The molecule has 0 aliphatic carbocycles. The molecule has 0 atom stereocenters. The number of nitrogens with zero attached hydrogens (tertiary/aromatic N) is 4. The molecule has 0 aliphatic rings. The molecule has 1 aromatic carbocycles. The minimum atomic E-state index is -0.261. The Morgan fingerprint density at radius 2 is 1.96 bits per heavy atom. The number of benzene rings is 1. The van der Waals surface area contributed by atoms with Crippen LogP contribution >= 0.6 is 0 Å². The molecular weight excluding hydrogens is 345 g/mol. The zero-order valence-corrected chi connectivity index (χ0v) is 15.9. The maximum atomic E-state index is 13.0. The average Bonchev–Trinajstić information content (AvgIpc) is 3.22. The topological polar surface area (TPSA) is 66.8 Å². The maximum Gasteiger partial charge on any atom is 0.244 e. The number of carbonyl (C=O) groups is 1. The second-order valence-corrected chi connectivity index (χ2v) is 6.79. The number of carbonyl (C=O) groups excluding carboxylic acids is 1. The summed E-state index contributed by atoms with van der Waals surface area (Å²) < 4.78 is 14.7. The smallest absolute Gasteiger partial charge is 0.244 e. The van der Waals surface area contributed by atoms with Gasteiger partial charge in [0.1, 0.15) is 12.4 Å². The van der Waals surface area contributed by atoms with Gasteiger partial charge < -0.3 is 4.90 Å². The van der Waals surface area contributed by atoms with Gasteiger partial charge >= 0.3 is 0 Å². The molecule has 1 N–H and O–H groups in total. The number of H-pyrrole nitrogens is 1. The van der Waals surface area contributed by atoms with E-state index in [4.69, 9.17) is 0 Å². The molecule has 0 saturated heterocycles. The Bertz CT molecular complexity index is 913. The standard InChI is InChI=1S/C20H24FN5O/c1-14-11-15(2)26(24-14)13-20(27)25(3)10-4-5-18-12-19(23-22-18)16-6-8-17(21)9-7-16/h6-9,11-12H,4-5,10,13H2,1-3H3,(H,22,23). The molecule has 27 heavy (non-hydrogen) atoms. The third-order valence-electron chi connectivity index (χ3n) is 4.52. The maximum absolute atomic E-state index is 13.0. The van der Waals surface area contributed by atoms with Crippen molar-refractivity contribution < 1.29 is 9.18 Å². The molecule has 7 heteroatoms. The fourth-order valence-corrected chi connectivity index (χ4v) is 2.97. The Balaban J connectivity index is 1.48. The number of aromatic nitrogens is 4. The lowest BCUT2D eigenvalue weighted by Crippen LogP contribution is -2.31. The first-order valence-electron chi connectivity index (χ1n) is 8.97. The summed E-state index contributed by atoms with van der Waals surface area (Å²) in [5.74, 6) is -0.222. The largest absolute Gasteiger partial charge is 0.344 e. The highest BCUT2D eigenvalue weighted by molar-refractivity contribution is 5.75. The van der Waals surface area contributed by atoms with Gasteiger partial charge in [-0.05, 0) is 63.1 Å². The summed E-state index contributed by atoms with van der Waals surface area (Å²) in [7, 11) is 1.81. The number of rotatable bonds is 7. The van der Waals surface area contributed by atoms with Crippen LogP contribution in [-0.4, -0.2) is 44.4 Å². The van der Waals surface area contributed by atoms with E-state index >= 15 is 0 Å². The van der Waals surface area contributed by atoms with E-state index in [1.165, 1.54) is 12.1 Å². The molecular formula is C20H24FN5O. The molecule has 0 saturated carbocycles. The van der Waals surface area contributed by atoms with Gasteiger partial charge in [-0.15, -0.1) is 0 Å². The van der Waals surface area contributed by atoms with Crippen molar-refractivity contribution >= 4 is 5.91 Å². The van der Waals surface area contributed by atoms with E-state index in [2.05, 4.69) is 15.3 Å². The highest BCUT2D eigenvalue weighted by atomic mass is 19.1. The van der Waals surface area contributed by atoms with Crippen LogP contribution in [0.25, 0.3) is 11.3 Å². The zero-order chi connectivity index (χ0) is 19.4. The van der Waals surface area contributed by atoms with E-state index in [-0.39, 0.29) is 18.3 Å². The van der Waals surface area contributed by atoms with Crippen LogP contribution in [0, 0.1) is 19.7 Å². The minimum Gasteiger partial charge on any atom is -0.344 e. The van der Waals surface area contributed by atoms with Gasteiger partial charge in [-0.3, -0.25) is 14.6 Å². The van der Waals surface area contributed by atoms with Crippen LogP contribution in [0.1, 0.15) is 23.5 Å². The summed E-state index contributed by atoms with van der Waals surface area (Å²) in [5, 5.41) is 11.6. The van der Waals surface area contributed by atoms with Crippen molar-refractivity contribution in [3.05, 3.63) is 59.3 Å². The van der Waals surface area contributed by atoms with Crippen molar-refractivity contribution in [2.45, 2.75) is 33.2 Å². The third-order valence-corrected chi connectivity index (χ3v) is 4.52. The lowest BCUT2D eigenvalue weighted by molar-refractivity contribution is -0.130. The van der Waals surface area contributed by atoms with Crippen LogP contribution in [0.15, 0.2) is 36.4 Å². The molecule has 0 fully saturated rings. The van der Waals surface area contributed by atoms with Crippen molar-refractivity contribution in [2.24, 2.45) is 0 Å². The predicted molar refractivity (Wildman–Crippen MR) is 102 cm³/mol. The van der Waals surface area contributed by atoms with Crippen LogP contribution in [-0.2, 0) is 17.8 Å². The fourth-order valence-electron chi connectivity index (χ4n) is 2.97. The molecule has 0 unspecified atom stereocenters. The van der Waals surface area contributed by atoms with Crippen LogP contribution < -0.4 is 0 Å². The summed E-state index contributed by atoms with van der Waals surface area (Å²) >= 11 is 0. The third kappa shape index (κ3) is 4.81. The van der Waals surface area contributed by atoms with E-state index in [0.717, 1.165) is 41.2 Å². The summed E-state index contributed by atoms with van der Waals surface area (Å²) in [4.78, 5) is 14.1. The first-order valence-corrected chi connectivity index (χ1v) is 8.97. The predicted octanol–water partition coefficient (Wildman–Crippen LogP) is 3.12. The monoisotopic (exact) mass is 369 g/mol. The molecule has 6 nitrogen and oxygen atoms in total. The van der Waals surface area contributed by atoms with Gasteiger partial charge in [0.05, 0.1) is 11.4 Å². The Morgan fingerprint density at radius 1 is 1.22 bits per heavy atom. The molecule has 0 aliphatic heterocycles. The van der Waals surface area contributed by atoms with Crippen LogP contribution in [0.3, 0.4) is 0 Å². The van der Waals surface area contributed by atoms with E-state index in [9.17, 15) is 9.18 Å². The fraction of sp³-hybridized carbons (Fsp3) is 0.350. The molecule has 3 aromatic rings. The molecule has 2 aromatic heterocycles. The number of amides is 1. The number of hydrogen-bond donors (Lipinski definition) is 1. The first-order chi connectivity index (χ1) is 12.9. The van der Waals surface area contributed by atoms with Gasteiger partial charge in [-0.2, -0.15) is 10.2 Å². The number of nitrogens with one attached hydrogen (secondary N) is 1. The number of aromatic amines is 1. The van der Waals surface area contributed by atoms with E-state index in [1.807, 2.05) is 33.0 Å². The summed E-state index contributed by atoms with van der Waals surface area (Å²) in [6, 6.07) is 10.2. The molecule has 0 radical (unpaired) electrons. The van der Waals surface area contributed by atoms with Gasteiger partial charge in [0, 0.05) is 30.5 Å². The molecule has 1 amide bonds. The highest BCUT2D eigenvalue weighted by Gasteiger charge is 2.12. The van der Waals surface area contributed by atoms with E-state index in [0.29, 0.717) is 6.54 Å². The summed E-state index contributed by atoms with van der Waals surface area (Å²) in [5.41, 5.74) is 4.56.